The summed E-state index contributed by atoms with van der Waals surface area (Å²) >= 11 is 0. The molecule has 1 heterocycles. The average Bonchev–Trinajstić information content (AvgIpc) is 2.94. The minimum Gasteiger partial charge on any atom is -0.396 e. The van der Waals surface area contributed by atoms with E-state index in [1.807, 2.05) is 62.4 Å². The van der Waals surface area contributed by atoms with Crippen LogP contribution in [0.1, 0.15) is 51.2 Å². The minimum absolute atomic E-state index is 0.0447. The fraction of sp³-hybridized carbons (Fsp3) is 0.355. The fourth-order valence-corrected chi connectivity index (χ4v) is 4.68. The number of benzene rings is 3. The SMILES string of the molecule is Cc1ccc(N2CCN(C)CC2)cc1C(=O)N[C@H](C)c1cccc(-c2cccc(C(=O)NCCCO)c2)c1. The van der Waals surface area contributed by atoms with Gasteiger partial charge in [0.2, 0.25) is 0 Å². The molecule has 0 aromatic heterocycles. The fourth-order valence-electron chi connectivity index (χ4n) is 4.68. The van der Waals surface area contributed by atoms with Crippen LogP contribution in [0.3, 0.4) is 0 Å². The zero-order valence-corrected chi connectivity index (χ0v) is 22.5. The van der Waals surface area contributed by atoms with Crippen molar-refractivity contribution in [1.82, 2.24) is 15.5 Å². The molecule has 7 nitrogen and oxygen atoms in total. The molecule has 3 N–H and O–H groups in total. The van der Waals surface area contributed by atoms with Crippen LogP contribution in [0, 0.1) is 6.92 Å². The summed E-state index contributed by atoms with van der Waals surface area (Å²) in [5, 5.41) is 14.9. The van der Waals surface area contributed by atoms with Gasteiger partial charge in [0.05, 0.1) is 6.04 Å². The lowest BCUT2D eigenvalue weighted by atomic mass is 9.98. The van der Waals surface area contributed by atoms with E-state index in [1.54, 1.807) is 6.07 Å². The van der Waals surface area contributed by atoms with Gasteiger partial charge in [0, 0.05) is 56.1 Å². The number of rotatable bonds is 9. The van der Waals surface area contributed by atoms with Crippen LogP contribution in [-0.2, 0) is 0 Å². The van der Waals surface area contributed by atoms with Crippen molar-refractivity contribution in [2.45, 2.75) is 26.3 Å². The van der Waals surface area contributed by atoms with E-state index in [-0.39, 0.29) is 24.5 Å². The van der Waals surface area contributed by atoms with E-state index < -0.39 is 0 Å². The molecule has 200 valence electrons. The molecule has 2 amide bonds. The Bertz CT molecular complexity index is 1270. The zero-order valence-electron chi connectivity index (χ0n) is 22.5. The molecule has 1 aliphatic rings. The van der Waals surface area contributed by atoms with Crippen molar-refractivity contribution in [2.75, 3.05) is 51.3 Å². The average molecular weight is 515 g/mol. The van der Waals surface area contributed by atoms with Crippen LogP contribution in [0.5, 0.6) is 0 Å². The highest BCUT2D eigenvalue weighted by molar-refractivity contribution is 5.97. The number of anilines is 1. The highest BCUT2D eigenvalue weighted by atomic mass is 16.3. The lowest BCUT2D eigenvalue weighted by Gasteiger charge is -2.34. The van der Waals surface area contributed by atoms with E-state index in [0.29, 0.717) is 24.1 Å². The summed E-state index contributed by atoms with van der Waals surface area (Å²) in [4.78, 5) is 30.4. The number of aliphatic hydroxyl groups excluding tert-OH is 1. The molecule has 0 saturated carbocycles. The molecule has 1 fully saturated rings. The number of hydrogen-bond donors (Lipinski definition) is 3. The maximum atomic E-state index is 13.3. The Morgan fingerprint density at radius 2 is 1.63 bits per heavy atom. The van der Waals surface area contributed by atoms with Gasteiger partial charge in [0.1, 0.15) is 0 Å². The molecule has 0 spiro atoms. The monoisotopic (exact) mass is 514 g/mol. The number of piperazine rings is 1. The van der Waals surface area contributed by atoms with Gasteiger partial charge in [-0.2, -0.15) is 0 Å². The summed E-state index contributed by atoms with van der Waals surface area (Å²) in [5.41, 5.74) is 6.20. The summed E-state index contributed by atoms with van der Waals surface area (Å²) in [6.07, 6.45) is 0.525. The molecule has 0 radical (unpaired) electrons. The van der Waals surface area contributed by atoms with E-state index in [9.17, 15) is 9.59 Å². The maximum absolute atomic E-state index is 13.3. The smallest absolute Gasteiger partial charge is 0.252 e. The highest BCUT2D eigenvalue weighted by Gasteiger charge is 2.19. The lowest BCUT2D eigenvalue weighted by Crippen LogP contribution is -2.44. The van der Waals surface area contributed by atoms with Gasteiger partial charge >= 0.3 is 0 Å². The largest absolute Gasteiger partial charge is 0.396 e. The molecule has 7 heteroatoms. The Morgan fingerprint density at radius 3 is 2.37 bits per heavy atom. The number of hydrogen-bond acceptors (Lipinski definition) is 5. The third-order valence-corrected chi connectivity index (χ3v) is 7.15. The van der Waals surface area contributed by atoms with Gasteiger partial charge in [0.25, 0.3) is 11.8 Å². The van der Waals surface area contributed by atoms with Gasteiger partial charge < -0.3 is 25.5 Å². The number of nitrogens with zero attached hydrogens (tertiary/aromatic N) is 2. The summed E-state index contributed by atoms with van der Waals surface area (Å²) < 4.78 is 0. The lowest BCUT2D eigenvalue weighted by molar-refractivity contribution is 0.0934. The van der Waals surface area contributed by atoms with E-state index in [4.69, 9.17) is 5.11 Å². The number of carbonyl (C=O) groups is 2. The highest BCUT2D eigenvalue weighted by Crippen LogP contribution is 2.26. The molecule has 1 aliphatic heterocycles. The van der Waals surface area contributed by atoms with Crippen molar-refractivity contribution < 1.29 is 14.7 Å². The summed E-state index contributed by atoms with van der Waals surface area (Å²) in [5.74, 6) is -0.246. The van der Waals surface area contributed by atoms with Crippen molar-refractivity contribution in [3.8, 4) is 11.1 Å². The number of aryl methyl sites for hydroxylation is 1. The van der Waals surface area contributed by atoms with Gasteiger partial charge in [-0.15, -0.1) is 0 Å². The first-order valence-corrected chi connectivity index (χ1v) is 13.3. The predicted molar refractivity (Wildman–Crippen MR) is 153 cm³/mol. The van der Waals surface area contributed by atoms with Gasteiger partial charge in [-0.25, -0.2) is 0 Å². The minimum atomic E-state index is -0.195. The topological polar surface area (TPSA) is 84.9 Å². The molecule has 0 unspecified atom stereocenters. The molecule has 0 bridgehead atoms. The van der Waals surface area contributed by atoms with Crippen LogP contribution >= 0.6 is 0 Å². The first-order valence-electron chi connectivity index (χ1n) is 13.3. The summed E-state index contributed by atoms with van der Waals surface area (Å²) in [7, 11) is 2.14. The third kappa shape index (κ3) is 6.79. The van der Waals surface area contributed by atoms with Gasteiger partial charge in [-0.3, -0.25) is 9.59 Å². The quantitative estimate of drug-likeness (QED) is 0.376. The summed E-state index contributed by atoms with van der Waals surface area (Å²) in [6, 6.07) is 21.5. The Morgan fingerprint density at radius 1 is 0.921 bits per heavy atom. The number of likely N-dealkylation sites (N-methyl/N-ethyl adjacent to an activating group) is 1. The van der Waals surface area contributed by atoms with Crippen LogP contribution in [-0.4, -0.2) is 68.2 Å². The van der Waals surface area contributed by atoms with Gasteiger partial charge in [-0.1, -0.05) is 36.4 Å². The Balaban J connectivity index is 1.47. The van der Waals surface area contributed by atoms with Gasteiger partial charge in [-0.05, 0) is 79.9 Å². The number of amides is 2. The van der Waals surface area contributed by atoms with Crippen molar-refractivity contribution in [2.24, 2.45) is 0 Å². The van der Waals surface area contributed by atoms with Crippen LogP contribution in [0.4, 0.5) is 5.69 Å². The maximum Gasteiger partial charge on any atom is 0.252 e. The Hall–Kier alpha value is -3.68. The van der Waals surface area contributed by atoms with Crippen LogP contribution in [0.25, 0.3) is 11.1 Å². The molecule has 3 aromatic carbocycles. The molecule has 38 heavy (non-hydrogen) atoms. The standard InChI is InChI=1S/C31H38N4O3/c1-22-11-12-28(35-16-14-34(3)15-17-35)21-29(22)31(38)33-23(2)24-7-4-8-25(19-24)26-9-5-10-27(20-26)30(37)32-13-6-18-36/h4-5,7-12,19-21,23,36H,6,13-18H2,1-3H3,(H,32,37)(H,33,38)/t23-/m1/s1. The van der Waals surface area contributed by atoms with Gasteiger partial charge in [0.15, 0.2) is 0 Å². The van der Waals surface area contributed by atoms with Crippen molar-refractivity contribution in [3.63, 3.8) is 0 Å². The van der Waals surface area contributed by atoms with Crippen LogP contribution in [0.15, 0.2) is 66.7 Å². The summed E-state index contributed by atoms with van der Waals surface area (Å²) in [6.45, 7) is 8.38. The van der Waals surface area contributed by atoms with Crippen LogP contribution in [0.2, 0.25) is 0 Å². The molecule has 4 rings (SSSR count). The molecule has 3 aromatic rings. The normalized spacial score (nSPS) is 14.7. The van der Waals surface area contributed by atoms with E-state index in [2.05, 4.69) is 39.6 Å². The molecular weight excluding hydrogens is 476 g/mol. The second-order valence-corrected chi connectivity index (χ2v) is 10.0. The van der Waals surface area contributed by atoms with Crippen molar-refractivity contribution in [3.05, 3.63) is 89.0 Å². The number of aliphatic hydroxyl groups is 1. The molecule has 0 aliphatic carbocycles. The zero-order chi connectivity index (χ0) is 27.1. The Kier molecular flexibility index (Phi) is 9.15. The van der Waals surface area contributed by atoms with E-state index in [0.717, 1.165) is 54.1 Å². The van der Waals surface area contributed by atoms with Crippen LogP contribution < -0.4 is 15.5 Å². The predicted octanol–water partition coefficient (Wildman–Crippen LogP) is 4.02. The molecule has 1 saturated heterocycles. The first-order chi connectivity index (χ1) is 18.4. The first kappa shape index (κ1) is 27.4. The number of nitrogens with one attached hydrogen (secondary N) is 2. The van der Waals surface area contributed by atoms with Crippen molar-refractivity contribution >= 4 is 17.5 Å². The molecular formula is C31H38N4O3. The number of carbonyl (C=O) groups excluding carboxylic acids is 2. The van der Waals surface area contributed by atoms with Crippen molar-refractivity contribution in [1.29, 1.82) is 0 Å². The molecule has 1 atom stereocenters. The third-order valence-electron chi connectivity index (χ3n) is 7.15. The van der Waals surface area contributed by atoms with E-state index >= 15 is 0 Å². The Labute approximate surface area is 225 Å². The van der Waals surface area contributed by atoms with E-state index in [1.165, 1.54) is 0 Å². The second kappa shape index (κ2) is 12.7. The second-order valence-electron chi connectivity index (χ2n) is 10.0.